The minimum atomic E-state index is -0.740. The Hall–Kier alpha value is -3.39. The van der Waals surface area contributed by atoms with Crippen molar-refractivity contribution in [1.82, 2.24) is 9.88 Å². The average molecular weight is 511 g/mol. The zero-order valence-corrected chi connectivity index (χ0v) is 21.5. The van der Waals surface area contributed by atoms with Crippen LogP contribution in [0.1, 0.15) is 67.4 Å². The highest BCUT2D eigenvalue weighted by Crippen LogP contribution is 2.27. The van der Waals surface area contributed by atoms with E-state index in [2.05, 4.69) is 11.1 Å². The number of unbranched alkanes of at least 4 members (excludes halogenated alkanes) is 5. The van der Waals surface area contributed by atoms with Crippen molar-refractivity contribution in [2.75, 3.05) is 7.05 Å². The van der Waals surface area contributed by atoms with Crippen LogP contribution in [0.5, 0.6) is 5.88 Å². The molecule has 1 aromatic heterocycles. The summed E-state index contributed by atoms with van der Waals surface area (Å²) in [7, 11) is 1.84. The van der Waals surface area contributed by atoms with Crippen LogP contribution in [0.4, 0.5) is 0 Å². The van der Waals surface area contributed by atoms with Crippen molar-refractivity contribution in [1.29, 1.82) is 0 Å². The number of nitrogens with zero attached hydrogens (tertiary/aromatic N) is 1. The molecule has 0 fully saturated rings. The van der Waals surface area contributed by atoms with Crippen LogP contribution in [-0.4, -0.2) is 39.0 Å². The lowest BCUT2D eigenvalue weighted by molar-refractivity contribution is -0.137. The molecule has 0 aliphatic rings. The molecule has 1 amide bonds. The first-order valence-corrected chi connectivity index (χ1v) is 13.2. The number of carboxylic acid groups (broad SMARTS) is 1. The van der Waals surface area contributed by atoms with Crippen LogP contribution < -0.4 is 4.87 Å². The Bertz CT molecular complexity index is 1200. The first-order chi connectivity index (χ1) is 17.3. The van der Waals surface area contributed by atoms with Crippen LogP contribution in [-0.2, 0) is 22.6 Å². The van der Waals surface area contributed by atoms with Crippen molar-refractivity contribution in [2.45, 2.75) is 64.3 Å². The molecule has 1 heterocycles. The third kappa shape index (κ3) is 8.37. The van der Waals surface area contributed by atoms with Gasteiger partial charge in [0.1, 0.15) is 0 Å². The summed E-state index contributed by atoms with van der Waals surface area (Å²) in [5.74, 6) is -0.685. The van der Waals surface area contributed by atoms with Gasteiger partial charge in [-0.2, -0.15) is 0 Å². The van der Waals surface area contributed by atoms with Gasteiger partial charge in [0, 0.05) is 32.9 Å². The van der Waals surface area contributed by atoms with Crippen LogP contribution in [0.3, 0.4) is 0 Å². The smallest absolute Gasteiger partial charge is 0.307 e. The highest BCUT2D eigenvalue weighted by atomic mass is 32.1. The molecule has 0 aliphatic carbocycles. The summed E-state index contributed by atoms with van der Waals surface area (Å²) in [6.07, 6.45) is 6.73. The van der Waals surface area contributed by atoms with Crippen LogP contribution in [0.25, 0.3) is 11.1 Å². The molecule has 0 bridgehead atoms. The molecule has 2 aromatic carbocycles. The monoisotopic (exact) mass is 510 g/mol. The molecule has 3 rings (SSSR count). The van der Waals surface area contributed by atoms with Crippen molar-refractivity contribution in [3.8, 4) is 17.0 Å². The van der Waals surface area contributed by atoms with E-state index in [0.717, 1.165) is 72.1 Å². The van der Waals surface area contributed by atoms with E-state index < -0.39 is 5.97 Å². The molecule has 192 valence electrons. The number of hydrogen-bond acceptors (Lipinski definition) is 5. The maximum atomic E-state index is 12.7. The van der Waals surface area contributed by atoms with Crippen molar-refractivity contribution in [3.63, 3.8) is 0 Å². The van der Waals surface area contributed by atoms with Crippen LogP contribution in [0.15, 0.2) is 53.3 Å². The molecule has 0 saturated heterocycles. The topological polar surface area (TPSA) is 111 Å². The van der Waals surface area contributed by atoms with Gasteiger partial charge in [0.05, 0.1) is 4.88 Å². The number of nitrogens with one attached hydrogen (secondary N) is 1. The van der Waals surface area contributed by atoms with Gasteiger partial charge >= 0.3 is 10.8 Å². The first kappa shape index (κ1) is 27.2. The summed E-state index contributed by atoms with van der Waals surface area (Å²) in [6, 6.07) is 16.1. The number of aliphatic carboxylic acids is 1. The van der Waals surface area contributed by atoms with Crippen molar-refractivity contribution < 1.29 is 19.8 Å². The summed E-state index contributed by atoms with van der Waals surface area (Å²) < 4.78 is 0. The molecular formula is C28H34N2O5S. The fourth-order valence-corrected chi connectivity index (χ4v) is 4.95. The number of benzene rings is 2. The lowest BCUT2D eigenvalue weighted by Crippen LogP contribution is -2.26. The van der Waals surface area contributed by atoms with Gasteiger partial charge in [-0.3, -0.25) is 19.4 Å². The van der Waals surface area contributed by atoms with E-state index in [0.29, 0.717) is 24.3 Å². The van der Waals surface area contributed by atoms with Gasteiger partial charge in [-0.05, 0) is 35.1 Å². The number of hydrogen-bond donors (Lipinski definition) is 3. The van der Waals surface area contributed by atoms with Gasteiger partial charge in [0.25, 0.3) is 0 Å². The summed E-state index contributed by atoms with van der Waals surface area (Å²) in [6.45, 7) is 0.525. The Kier molecular flexibility index (Phi) is 10.3. The number of carboxylic acids is 1. The quantitative estimate of drug-likeness (QED) is 0.246. The SMILES string of the molecule is CN(Cc1ccccc1-c1ccc(Cc2sc(=O)[nH]c2O)cc1)C(=O)CCCCCCCCC(=O)O. The second-order valence-electron chi connectivity index (χ2n) is 9.08. The maximum Gasteiger partial charge on any atom is 0.307 e. The van der Waals surface area contributed by atoms with Crippen LogP contribution >= 0.6 is 11.3 Å². The molecule has 7 nitrogen and oxygen atoms in total. The van der Waals surface area contributed by atoms with Crippen LogP contribution in [0.2, 0.25) is 0 Å². The highest BCUT2D eigenvalue weighted by Gasteiger charge is 2.13. The normalized spacial score (nSPS) is 10.9. The zero-order valence-electron chi connectivity index (χ0n) is 20.7. The van der Waals surface area contributed by atoms with Crippen molar-refractivity contribution in [3.05, 3.63) is 74.2 Å². The van der Waals surface area contributed by atoms with Crippen LogP contribution in [0, 0.1) is 0 Å². The number of carbonyl (C=O) groups excluding carboxylic acids is 1. The number of thiazole rings is 1. The Balaban J connectivity index is 1.51. The van der Waals surface area contributed by atoms with Gasteiger partial charge in [-0.15, -0.1) is 0 Å². The molecule has 8 heteroatoms. The molecule has 3 N–H and O–H groups in total. The van der Waals surface area contributed by atoms with E-state index >= 15 is 0 Å². The fraction of sp³-hybridized carbons (Fsp3) is 0.393. The minimum Gasteiger partial charge on any atom is -0.494 e. The second kappa shape index (κ2) is 13.6. The van der Waals surface area contributed by atoms with Gasteiger partial charge in [0.2, 0.25) is 11.8 Å². The number of carbonyl (C=O) groups is 2. The van der Waals surface area contributed by atoms with Gasteiger partial charge in [0.15, 0.2) is 0 Å². The number of aromatic hydroxyl groups is 1. The molecular weight excluding hydrogens is 476 g/mol. The number of aromatic amines is 1. The Morgan fingerprint density at radius 1 is 0.917 bits per heavy atom. The zero-order chi connectivity index (χ0) is 25.9. The summed E-state index contributed by atoms with van der Waals surface area (Å²) in [5.41, 5.74) is 4.18. The Morgan fingerprint density at radius 3 is 2.19 bits per heavy atom. The predicted molar refractivity (Wildman–Crippen MR) is 142 cm³/mol. The number of aromatic nitrogens is 1. The van der Waals surface area contributed by atoms with E-state index in [-0.39, 0.29) is 23.1 Å². The molecule has 0 atom stereocenters. The Labute approximate surface area is 215 Å². The fourth-order valence-electron chi connectivity index (χ4n) is 4.19. The van der Waals surface area contributed by atoms with E-state index in [1.807, 2.05) is 49.5 Å². The molecule has 3 aromatic rings. The molecule has 0 radical (unpaired) electrons. The predicted octanol–water partition coefficient (Wildman–Crippen LogP) is 5.56. The van der Waals surface area contributed by atoms with Gasteiger partial charge < -0.3 is 15.1 Å². The first-order valence-electron chi connectivity index (χ1n) is 12.4. The third-order valence-corrected chi connectivity index (χ3v) is 7.08. The number of H-pyrrole nitrogens is 1. The molecule has 0 saturated carbocycles. The van der Waals surface area contributed by atoms with Gasteiger partial charge in [-0.25, -0.2) is 0 Å². The molecule has 0 aliphatic heterocycles. The second-order valence-corrected chi connectivity index (χ2v) is 10.1. The largest absolute Gasteiger partial charge is 0.494 e. The highest BCUT2D eigenvalue weighted by molar-refractivity contribution is 7.09. The van der Waals surface area contributed by atoms with E-state index in [9.17, 15) is 19.5 Å². The summed E-state index contributed by atoms with van der Waals surface area (Å²) in [5, 5.41) is 18.5. The third-order valence-electron chi connectivity index (χ3n) is 6.21. The number of amides is 1. The lowest BCUT2D eigenvalue weighted by atomic mass is 9.97. The summed E-state index contributed by atoms with van der Waals surface area (Å²) in [4.78, 5) is 39.1. The van der Waals surface area contributed by atoms with E-state index in [1.165, 1.54) is 0 Å². The maximum absolute atomic E-state index is 12.7. The average Bonchev–Trinajstić information content (AvgIpc) is 3.17. The molecule has 0 unspecified atom stereocenters. The lowest BCUT2D eigenvalue weighted by Gasteiger charge is -2.20. The summed E-state index contributed by atoms with van der Waals surface area (Å²) >= 11 is 1.02. The van der Waals surface area contributed by atoms with E-state index in [1.54, 1.807) is 4.90 Å². The minimum absolute atomic E-state index is 0.0668. The van der Waals surface area contributed by atoms with E-state index in [4.69, 9.17) is 5.11 Å². The standard InChI is InChI=1S/C28H34N2O5S/c1-30(25(31)12-6-4-2-3-5-7-13-26(32)33)19-22-10-8-9-11-23(22)21-16-14-20(15-17-21)18-24-27(34)29-28(35)36-24/h8-11,14-17,34H,2-7,12-13,18-19H2,1H3,(H,29,35)(H,32,33). The van der Waals surface area contributed by atoms with Gasteiger partial charge in [-0.1, -0.05) is 85.6 Å². The molecule has 36 heavy (non-hydrogen) atoms. The molecule has 0 spiro atoms. The Morgan fingerprint density at radius 2 is 1.56 bits per heavy atom. The number of rotatable bonds is 14. The van der Waals surface area contributed by atoms with Crippen molar-refractivity contribution >= 4 is 23.2 Å². The van der Waals surface area contributed by atoms with Crippen molar-refractivity contribution in [2.24, 2.45) is 0 Å².